The van der Waals surface area contributed by atoms with Crippen molar-refractivity contribution in [3.8, 4) is 11.1 Å². The van der Waals surface area contributed by atoms with Crippen molar-refractivity contribution in [1.29, 1.82) is 0 Å². The summed E-state index contributed by atoms with van der Waals surface area (Å²) in [5.41, 5.74) is 7.27. The standard InChI is InChI=1S/C12H9ClFN/c13-10-7-11(14)9(6-12(10)15)8-4-2-1-3-5-8/h1-7H,15H2. The van der Waals surface area contributed by atoms with Crippen LogP contribution in [0, 0.1) is 5.82 Å². The van der Waals surface area contributed by atoms with E-state index >= 15 is 0 Å². The second-order valence-corrected chi connectivity index (χ2v) is 3.63. The van der Waals surface area contributed by atoms with E-state index in [0.29, 0.717) is 11.3 Å². The van der Waals surface area contributed by atoms with Crippen LogP contribution in [-0.2, 0) is 0 Å². The zero-order valence-electron chi connectivity index (χ0n) is 7.87. The molecular weight excluding hydrogens is 213 g/mol. The first-order valence-electron chi connectivity index (χ1n) is 4.48. The molecule has 0 aromatic heterocycles. The molecule has 0 aliphatic carbocycles. The van der Waals surface area contributed by atoms with Crippen LogP contribution < -0.4 is 5.73 Å². The second kappa shape index (κ2) is 3.91. The van der Waals surface area contributed by atoms with Gasteiger partial charge in [0.25, 0.3) is 0 Å². The third-order valence-corrected chi connectivity index (χ3v) is 2.50. The van der Waals surface area contributed by atoms with Crippen molar-refractivity contribution < 1.29 is 4.39 Å². The molecule has 1 nitrogen and oxygen atoms in total. The highest BCUT2D eigenvalue weighted by Crippen LogP contribution is 2.29. The number of anilines is 1. The maximum Gasteiger partial charge on any atom is 0.132 e. The molecule has 2 N–H and O–H groups in total. The Balaban J connectivity index is 2.59. The molecule has 0 unspecified atom stereocenters. The van der Waals surface area contributed by atoms with Gasteiger partial charge in [-0.3, -0.25) is 0 Å². The molecule has 0 saturated heterocycles. The predicted octanol–water partition coefficient (Wildman–Crippen LogP) is 3.73. The molecule has 15 heavy (non-hydrogen) atoms. The third kappa shape index (κ3) is 1.95. The smallest absolute Gasteiger partial charge is 0.132 e. The normalized spacial score (nSPS) is 10.3. The number of hydrogen-bond acceptors (Lipinski definition) is 1. The van der Waals surface area contributed by atoms with Gasteiger partial charge in [-0.25, -0.2) is 4.39 Å². The van der Waals surface area contributed by atoms with E-state index in [0.717, 1.165) is 5.56 Å². The molecule has 0 amide bonds. The van der Waals surface area contributed by atoms with E-state index in [1.807, 2.05) is 30.3 Å². The van der Waals surface area contributed by atoms with Crippen LogP contribution >= 0.6 is 11.6 Å². The highest BCUT2D eigenvalue weighted by molar-refractivity contribution is 6.33. The molecule has 0 aliphatic rings. The lowest BCUT2D eigenvalue weighted by molar-refractivity contribution is 0.631. The molecule has 76 valence electrons. The van der Waals surface area contributed by atoms with Crippen LogP contribution in [-0.4, -0.2) is 0 Å². The Bertz CT molecular complexity index is 482. The zero-order valence-corrected chi connectivity index (χ0v) is 8.63. The SMILES string of the molecule is Nc1cc(-c2ccccc2)c(F)cc1Cl. The minimum absolute atomic E-state index is 0.243. The van der Waals surface area contributed by atoms with Gasteiger partial charge in [0.15, 0.2) is 0 Å². The molecular formula is C12H9ClFN. The molecule has 0 spiro atoms. The van der Waals surface area contributed by atoms with Gasteiger partial charge in [-0.05, 0) is 17.7 Å². The molecule has 0 aliphatic heterocycles. The molecule has 2 aromatic rings. The van der Waals surface area contributed by atoms with Crippen molar-refractivity contribution in [3.63, 3.8) is 0 Å². The Kier molecular flexibility index (Phi) is 2.60. The summed E-state index contributed by atoms with van der Waals surface area (Å²) in [6, 6.07) is 12.0. The Morgan fingerprint density at radius 2 is 1.73 bits per heavy atom. The van der Waals surface area contributed by atoms with E-state index in [9.17, 15) is 4.39 Å². The Morgan fingerprint density at radius 3 is 2.40 bits per heavy atom. The van der Waals surface area contributed by atoms with E-state index in [4.69, 9.17) is 17.3 Å². The fraction of sp³-hybridized carbons (Fsp3) is 0. The molecule has 0 radical (unpaired) electrons. The molecule has 0 fully saturated rings. The number of nitrogen functional groups attached to an aromatic ring is 1. The van der Waals surface area contributed by atoms with E-state index in [2.05, 4.69) is 0 Å². The maximum atomic E-state index is 13.6. The van der Waals surface area contributed by atoms with Crippen LogP contribution in [0.4, 0.5) is 10.1 Å². The summed E-state index contributed by atoms with van der Waals surface area (Å²) in [4.78, 5) is 0. The first kappa shape index (κ1) is 9.99. The minimum Gasteiger partial charge on any atom is -0.398 e. The Labute approximate surface area is 92.3 Å². The zero-order chi connectivity index (χ0) is 10.8. The first-order chi connectivity index (χ1) is 7.18. The topological polar surface area (TPSA) is 26.0 Å². The van der Waals surface area contributed by atoms with Gasteiger partial charge in [-0.2, -0.15) is 0 Å². The second-order valence-electron chi connectivity index (χ2n) is 3.22. The number of benzene rings is 2. The van der Waals surface area contributed by atoms with Crippen molar-refractivity contribution in [1.82, 2.24) is 0 Å². The quantitative estimate of drug-likeness (QED) is 0.730. The molecule has 0 heterocycles. The molecule has 2 rings (SSSR count). The maximum absolute atomic E-state index is 13.6. The molecule has 3 heteroatoms. The fourth-order valence-corrected chi connectivity index (χ4v) is 1.56. The van der Waals surface area contributed by atoms with Crippen LogP contribution in [0.15, 0.2) is 42.5 Å². The molecule has 0 saturated carbocycles. The summed E-state index contributed by atoms with van der Waals surface area (Å²) < 4.78 is 13.6. The summed E-state index contributed by atoms with van der Waals surface area (Å²) >= 11 is 5.71. The molecule has 0 atom stereocenters. The van der Waals surface area contributed by atoms with Crippen LogP contribution in [0.1, 0.15) is 0 Å². The van der Waals surface area contributed by atoms with Gasteiger partial charge in [0.05, 0.1) is 10.7 Å². The summed E-state index contributed by atoms with van der Waals surface area (Å²) in [5.74, 6) is -0.361. The largest absolute Gasteiger partial charge is 0.398 e. The van der Waals surface area contributed by atoms with Crippen LogP contribution in [0.25, 0.3) is 11.1 Å². The molecule has 0 bridgehead atoms. The molecule has 2 aromatic carbocycles. The van der Waals surface area contributed by atoms with Gasteiger partial charge < -0.3 is 5.73 Å². The summed E-state index contributed by atoms with van der Waals surface area (Å²) in [6.45, 7) is 0. The highest BCUT2D eigenvalue weighted by Gasteiger charge is 2.07. The van der Waals surface area contributed by atoms with Gasteiger partial charge in [0.2, 0.25) is 0 Å². The lowest BCUT2D eigenvalue weighted by Crippen LogP contribution is -1.91. The third-order valence-electron chi connectivity index (χ3n) is 2.17. The van der Waals surface area contributed by atoms with E-state index in [-0.39, 0.29) is 10.8 Å². The van der Waals surface area contributed by atoms with Crippen molar-refractivity contribution >= 4 is 17.3 Å². The summed E-state index contributed by atoms with van der Waals surface area (Å²) in [6.07, 6.45) is 0. The van der Waals surface area contributed by atoms with Crippen molar-refractivity contribution in [3.05, 3.63) is 53.3 Å². The Morgan fingerprint density at radius 1 is 1.07 bits per heavy atom. The minimum atomic E-state index is -0.361. The highest BCUT2D eigenvalue weighted by atomic mass is 35.5. The average Bonchev–Trinajstić information content (AvgIpc) is 2.25. The lowest BCUT2D eigenvalue weighted by atomic mass is 10.0. The van der Waals surface area contributed by atoms with Crippen molar-refractivity contribution in [2.45, 2.75) is 0 Å². The van der Waals surface area contributed by atoms with Gasteiger partial charge in [-0.1, -0.05) is 41.9 Å². The Hall–Kier alpha value is -1.54. The van der Waals surface area contributed by atoms with Gasteiger partial charge in [-0.15, -0.1) is 0 Å². The lowest BCUT2D eigenvalue weighted by Gasteiger charge is -2.06. The number of hydrogen-bond donors (Lipinski definition) is 1. The van der Waals surface area contributed by atoms with E-state index in [1.165, 1.54) is 6.07 Å². The monoisotopic (exact) mass is 221 g/mol. The van der Waals surface area contributed by atoms with Gasteiger partial charge >= 0.3 is 0 Å². The van der Waals surface area contributed by atoms with Gasteiger partial charge in [0, 0.05) is 5.56 Å². The number of nitrogens with two attached hydrogens (primary N) is 1. The number of rotatable bonds is 1. The fourth-order valence-electron chi connectivity index (χ4n) is 1.40. The van der Waals surface area contributed by atoms with Crippen molar-refractivity contribution in [2.24, 2.45) is 0 Å². The number of halogens is 2. The average molecular weight is 222 g/mol. The first-order valence-corrected chi connectivity index (χ1v) is 4.86. The predicted molar refractivity (Wildman–Crippen MR) is 61.3 cm³/mol. The van der Waals surface area contributed by atoms with Crippen molar-refractivity contribution in [2.75, 3.05) is 5.73 Å². The van der Waals surface area contributed by atoms with Crippen LogP contribution in [0.3, 0.4) is 0 Å². The van der Waals surface area contributed by atoms with Crippen LogP contribution in [0.2, 0.25) is 5.02 Å². The van der Waals surface area contributed by atoms with Crippen LogP contribution in [0.5, 0.6) is 0 Å². The van der Waals surface area contributed by atoms with E-state index in [1.54, 1.807) is 6.07 Å². The summed E-state index contributed by atoms with van der Waals surface area (Å²) in [5, 5.41) is 0.243. The van der Waals surface area contributed by atoms with E-state index < -0.39 is 0 Å². The van der Waals surface area contributed by atoms with Gasteiger partial charge in [0.1, 0.15) is 5.82 Å². The summed E-state index contributed by atoms with van der Waals surface area (Å²) in [7, 11) is 0.